The van der Waals surface area contributed by atoms with Gasteiger partial charge in [-0.25, -0.2) is 14.6 Å². The first-order valence-corrected chi connectivity index (χ1v) is 16.2. The van der Waals surface area contributed by atoms with Crippen molar-refractivity contribution >= 4 is 38.3 Å². The van der Waals surface area contributed by atoms with Crippen LogP contribution in [0.4, 0.5) is 5.00 Å². The van der Waals surface area contributed by atoms with Crippen molar-refractivity contribution in [1.29, 1.82) is 5.26 Å². The fourth-order valence-electron chi connectivity index (χ4n) is 7.31. The second kappa shape index (κ2) is 9.43. The van der Waals surface area contributed by atoms with Gasteiger partial charge >= 0.3 is 0 Å². The molecule has 2 aliphatic carbocycles. The SMILES string of the molecule is CC([C@@H]1CCCN1C)n1nnc2c(S(C)=O)nc(-c3noc4c3CCC[C@@]43CCCc4sc(N)c(C#N)c43)nc21. The summed E-state index contributed by atoms with van der Waals surface area (Å²) < 4.78 is 20.9. The fourth-order valence-corrected chi connectivity index (χ4v) is 9.09. The van der Waals surface area contributed by atoms with Crippen molar-refractivity contribution in [2.75, 3.05) is 25.6 Å². The zero-order chi connectivity index (χ0) is 27.8. The highest BCUT2D eigenvalue weighted by atomic mass is 32.2. The number of hydrogen-bond donors (Lipinski definition) is 1. The molecule has 0 aromatic carbocycles. The maximum Gasteiger partial charge on any atom is 0.185 e. The number of aromatic nitrogens is 6. The van der Waals surface area contributed by atoms with Crippen LogP contribution in [0.3, 0.4) is 0 Å². The molecule has 208 valence electrons. The summed E-state index contributed by atoms with van der Waals surface area (Å²) in [5.74, 6) is 1.16. The van der Waals surface area contributed by atoms with Crippen LogP contribution in [0.5, 0.6) is 0 Å². The molecule has 1 saturated heterocycles. The van der Waals surface area contributed by atoms with E-state index in [9.17, 15) is 9.47 Å². The predicted molar refractivity (Wildman–Crippen MR) is 151 cm³/mol. The monoisotopic (exact) mass is 577 g/mol. The average molecular weight is 578 g/mol. The van der Waals surface area contributed by atoms with E-state index in [1.165, 1.54) is 16.2 Å². The average Bonchev–Trinajstić information content (AvgIpc) is 3.72. The molecule has 0 amide bonds. The minimum absolute atomic E-state index is 0.0296. The summed E-state index contributed by atoms with van der Waals surface area (Å²) in [5, 5.41) is 24.3. The normalized spacial score (nSPS) is 24.2. The van der Waals surface area contributed by atoms with Crippen molar-refractivity contribution in [2.24, 2.45) is 0 Å². The molecule has 13 heteroatoms. The summed E-state index contributed by atoms with van der Waals surface area (Å²) in [5.41, 5.74) is 10.0. The Morgan fingerprint density at radius 3 is 2.77 bits per heavy atom. The van der Waals surface area contributed by atoms with Gasteiger partial charge in [-0.2, -0.15) is 5.26 Å². The van der Waals surface area contributed by atoms with E-state index in [0.717, 1.165) is 74.8 Å². The first-order chi connectivity index (χ1) is 19.3. The molecule has 1 aliphatic heterocycles. The summed E-state index contributed by atoms with van der Waals surface area (Å²) >= 11 is 1.52. The molecular formula is C27H31N9O2S2. The third kappa shape index (κ3) is 3.62. The molecule has 4 aromatic rings. The number of thiophene rings is 1. The minimum Gasteiger partial charge on any atom is -0.389 e. The van der Waals surface area contributed by atoms with Crippen LogP contribution >= 0.6 is 11.3 Å². The Bertz CT molecular complexity index is 1710. The van der Waals surface area contributed by atoms with Crippen LogP contribution in [-0.4, -0.2) is 65.1 Å². The van der Waals surface area contributed by atoms with E-state index in [0.29, 0.717) is 44.3 Å². The highest BCUT2D eigenvalue weighted by Gasteiger charge is 2.49. The summed E-state index contributed by atoms with van der Waals surface area (Å²) in [6.45, 7) is 3.18. The van der Waals surface area contributed by atoms with E-state index < -0.39 is 16.2 Å². The number of fused-ring (bicyclic) bond motifs is 5. The molecule has 4 atom stereocenters. The van der Waals surface area contributed by atoms with Gasteiger partial charge in [0.1, 0.15) is 11.1 Å². The van der Waals surface area contributed by atoms with E-state index in [1.54, 1.807) is 6.26 Å². The molecule has 4 aromatic heterocycles. The lowest BCUT2D eigenvalue weighted by atomic mass is 9.63. The van der Waals surface area contributed by atoms with Crippen LogP contribution < -0.4 is 5.73 Å². The number of rotatable bonds is 4. The lowest BCUT2D eigenvalue weighted by Crippen LogP contribution is -2.35. The van der Waals surface area contributed by atoms with Crippen molar-refractivity contribution in [3.63, 3.8) is 0 Å². The van der Waals surface area contributed by atoms with Gasteiger partial charge in [0.2, 0.25) is 0 Å². The zero-order valence-electron chi connectivity index (χ0n) is 22.8. The molecule has 3 aliphatic rings. The van der Waals surface area contributed by atoms with E-state index in [2.05, 4.69) is 40.4 Å². The lowest BCUT2D eigenvalue weighted by molar-refractivity contribution is 0.230. The second-order valence-electron chi connectivity index (χ2n) is 11.3. The van der Waals surface area contributed by atoms with Crippen LogP contribution in [0.25, 0.3) is 22.7 Å². The molecule has 0 saturated carbocycles. The molecule has 11 nitrogen and oxygen atoms in total. The Kier molecular flexibility index (Phi) is 6.07. The van der Waals surface area contributed by atoms with Crippen molar-refractivity contribution in [1.82, 2.24) is 35.0 Å². The van der Waals surface area contributed by atoms with Crippen molar-refractivity contribution in [3.05, 3.63) is 27.3 Å². The quantitative estimate of drug-likeness (QED) is 0.355. The number of likely N-dealkylation sites (tertiary alicyclic amines) is 1. The van der Waals surface area contributed by atoms with E-state index in [1.807, 2.05) is 4.68 Å². The Hall–Kier alpha value is -3.21. The van der Waals surface area contributed by atoms with Gasteiger partial charge in [0.05, 0.1) is 27.8 Å². The van der Waals surface area contributed by atoms with Gasteiger partial charge in [0, 0.05) is 22.7 Å². The fraction of sp³-hybridized carbons (Fsp3) is 0.556. The van der Waals surface area contributed by atoms with Crippen molar-refractivity contribution < 1.29 is 8.73 Å². The van der Waals surface area contributed by atoms with E-state index in [4.69, 9.17) is 20.2 Å². The molecule has 5 heterocycles. The maximum atomic E-state index is 12.9. The number of nitrogen functional groups attached to an aromatic ring is 1. The van der Waals surface area contributed by atoms with Gasteiger partial charge in [0.25, 0.3) is 0 Å². The summed E-state index contributed by atoms with van der Waals surface area (Å²) in [4.78, 5) is 13.2. The van der Waals surface area contributed by atoms with Gasteiger partial charge in [-0.3, -0.25) is 4.21 Å². The van der Waals surface area contributed by atoms with Gasteiger partial charge in [-0.15, -0.1) is 16.4 Å². The van der Waals surface area contributed by atoms with Crippen LogP contribution in [0.1, 0.15) is 78.8 Å². The standard InChI is InChI=1S/C27H31N9O2S2/c1-14(17-8-6-12-35(17)2)36-25-21(32-34-36)26(40(3)37)31-24(30-25)20-15-7-4-10-27(22(15)38-33-20)11-5-9-18-19(27)16(13-28)23(29)39-18/h14,17H,4-12,29H2,1-3H3/t14?,17-,27-,40?/m0/s1. The third-order valence-electron chi connectivity index (χ3n) is 9.15. The van der Waals surface area contributed by atoms with E-state index >= 15 is 0 Å². The Labute approximate surface area is 238 Å². The highest BCUT2D eigenvalue weighted by molar-refractivity contribution is 7.84. The third-order valence-corrected chi connectivity index (χ3v) is 11.1. The van der Waals surface area contributed by atoms with Crippen LogP contribution in [-0.2, 0) is 29.1 Å². The van der Waals surface area contributed by atoms with Gasteiger partial charge in [-0.1, -0.05) is 10.4 Å². The zero-order valence-corrected chi connectivity index (χ0v) is 24.4. The van der Waals surface area contributed by atoms with E-state index in [-0.39, 0.29) is 6.04 Å². The highest BCUT2D eigenvalue weighted by Crippen LogP contribution is 2.55. The molecule has 0 bridgehead atoms. The molecule has 7 rings (SSSR count). The van der Waals surface area contributed by atoms with Gasteiger partial charge in [0.15, 0.2) is 33.5 Å². The molecule has 0 radical (unpaired) electrons. The smallest absolute Gasteiger partial charge is 0.185 e. The number of hydrogen-bond acceptors (Lipinski definition) is 11. The Morgan fingerprint density at radius 1 is 1.25 bits per heavy atom. The number of nitriles is 1. The topological polar surface area (TPSA) is 153 Å². The Balaban J connectivity index is 1.39. The molecular weight excluding hydrogens is 546 g/mol. The van der Waals surface area contributed by atoms with Crippen LogP contribution in [0, 0.1) is 11.3 Å². The largest absolute Gasteiger partial charge is 0.389 e. The number of aryl methyl sites for hydroxylation is 1. The predicted octanol–water partition coefficient (Wildman–Crippen LogP) is 3.74. The number of nitrogens with zero attached hydrogens (tertiary/aromatic N) is 8. The lowest BCUT2D eigenvalue weighted by Gasteiger charge is -2.39. The first kappa shape index (κ1) is 25.7. The molecule has 2 N–H and O–H groups in total. The second-order valence-corrected chi connectivity index (χ2v) is 13.8. The number of nitrogens with two attached hydrogens (primary N) is 1. The van der Waals surface area contributed by atoms with Crippen LogP contribution in [0.15, 0.2) is 9.55 Å². The molecule has 40 heavy (non-hydrogen) atoms. The first-order valence-electron chi connectivity index (χ1n) is 13.8. The summed E-state index contributed by atoms with van der Waals surface area (Å²) in [6.07, 6.45) is 9.15. The minimum atomic E-state index is -1.41. The summed E-state index contributed by atoms with van der Waals surface area (Å²) in [7, 11) is 0.720. The van der Waals surface area contributed by atoms with Crippen LogP contribution in [0.2, 0.25) is 0 Å². The van der Waals surface area contributed by atoms with Gasteiger partial charge in [-0.05, 0) is 77.4 Å². The number of anilines is 1. The maximum absolute atomic E-state index is 12.9. The molecule has 2 unspecified atom stereocenters. The van der Waals surface area contributed by atoms with Crippen molar-refractivity contribution in [3.8, 4) is 17.6 Å². The summed E-state index contributed by atoms with van der Waals surface area (Å²) in [6, 6.07) is 2.71. The number of likely N-dealkylation sites (N-methyl/N-ethyl adjacent to an activating group) is 1. The van der Waals surface area contributed by atoms with Gasteiger partial charge < -0.3 is 15.2 Å². The molecule has 1 fully saturated rings. The van der Waals surface area contributed by atoms with Crippen molar-refractivity contribution in [2.45, 2.75) is 80.8 Å². The molecule has 1 spiro atoms. The Morgan fingerprint density at radius 2 is 2.05 bits per heavy atom.